The SMILES string of the molecule is OC(CSc1ccc(Br)cc1OC(F)(F)F)(c1ccc2c(cnn2-c2ccccc2)c1)C(F)(F)F. The molecule has 1 unspecified atom stereocenters. The van der Waals surface area contributed by atoms with E-state index in [9.17, 15) is 31.4 Å². The number of thioether (sulfide) groups is 1. The predicted molar refractivity (Wildman–Crippen MR) is 123 cm³/mol. The Hall–Kier alpha value is -2.70. The number of alkyl halides is 6. The molecule has 0 spiro atoms. The number of benzene rings is 3. The topological polar surface area (TPSA) is 47.3 Å². The zero-order valence-electron chi connectivity index (χ0n) is 17.4. The summed E-state index contributed by atoms with van der Waals surface area (Å²) in [6.45, 7) is 0. The Balaban J connectivity index is 1.68. The van der Waals surface area contributed by atoms with Crippen LogP contribution in [0.5, 0.6) is 5.75 Å². The summed E-state index contributed by atoms with van der Waals surface area (Å²) in [7, 11) is 0. The minimum atomic E-state index is -5.12. The number of ether oxygens (including phenoxy) is 1. The van der Waals surface area contributed by atoms with Crippen LogP contribution < -0.4 is 4.74 Å². The van der Waals surface area contributed by atoms with Crippen LogP contribution >= 0.6 is 27.7 Å². The van der Waals surface area contributed by atoms with Gasteiger partial charge in [0.05, 0.1) is 17.4 Å². The smallest absolute Gasteiger partial charge is 0.405 e. The van der Waals surface area contributed by atoms with Gasteiger partial charge < -0.3 is 9.84 Å². The molecule has 0 aliphatic rings. The van der Waals surface area contributed by atoms with Crippen molar-refractivity contribution in [3.63, 3.8) is 0 Å². The van der Waals surface area contributed by atoms with E-state index in [1.54, 1.807) is 28.9 Å². The number of para-hydroxylation sites is 1. The molecule has 1 aromatic heterocycles. The van der Waals surface area contributed by atoms with Gasteiger partial charge >= 0.3 is 12.5 Å². The van der Waals surface area contributed by atoms with Crippen molar-refractivity contribution in [1.29, 1.82) is 0 Å². The van der Waals surface area contributed by atoms with Crippen LogP contribution in [0.1, 0.15) is 5.56 Å². The van der Waals surface area contributed by atoms with Crippen LogP contribution in [-0.4, -0.2) is 33.2 Å². The van der Waals surface area contributed by atoms with Crippen molar-refractivity contribution < 1.29 is 36.2 Å². The summed E-state index contributed by atoms with van der Waals surface area (Å²) in [6.07, 6.45) is -8.79. The fourth-order valence-corrected chi connectivity index (χ4v) is 4.82. The average Bonchev–Trinajstić information content (AvgIpc) is 3.20. The molecule has 0 amide bonds. The molecule has 1 N–H and O–H groups in total. The van der Waals surface area contributed by atoms with Crippen LogP contribution in [0.3, 0.4) is 0 Å². The van der Waals surface area contributed by atoms with Crippen LogP contribution in [0.15, 0.2) is 82.3 Å². The van der Waals surface area contributed by atoms with Crippen molar-refractivity contribution >= 4 is 38.6 Å². The summed E-state index contributed by atoms with van der Waals surface area (Å²) in [4.78, 5) is -0.217. The van der Waals surface area contributed by atoms with Gasteiger partial charge in [0, 0.05) is 20.5 Å². The third-order valence-corrected chi connectivity index (χ3v) is 6.79. The van der Waals surface area contributed by atoms with Crippen LogP contribution in [0.2, 0.25) is 0 Å². The predicted octanol–water partition coefficient (Wildman–Crippen LogP) is 7.23. The van der Waals surface area contributed by atoms with Gasteiger partial charge in [0.25, 0.3) is 0 Å². The van der Waals surface area contributed by atoms with Gasteiger partial charge in [-0.25, -0.2) is 4.68 Å². The van der Waals surface area contributed by atoms with Crippen molar-refractivity contribution in [1.82, 2.24) is 9.78 Å². The summed E-state index contributed by atoms with van der Waals surface area (Å²) in [5, 5.41) is 15.4. The molecule has 0 aliphatic carbocycles. The van der Waals surface area contributed by atoms with Gasteiger partial charge in [-0.2, -0.15) is 18.3 Å². The fraction of sp³-hybridized carbons (Fsp3) is 0.174. The minimum absolute atomic E-state index is 0.217. The van der Waals surface area contributed by atoms with E-state index in [2.05, 4.69) is 25.8 Å². The number of aromatic nitrogens is 2. The Morgan fingerprint density at radius 3 is 2.31 bits per heavy atom. The largest absolute Gasteiger partial charge is 0.573 e. The molecule has 0 aliphatic heterocycles. The second-order valence-electron chi connectivity index (χ2n) is 7.45. The molecule has 3 aromatic carbocycles. The third kappa shape index (κ3) is 5.44. The van der Waals surface area contributed by atoms with Crippen LogP contribution in [0, 0.1) is 0 Å². The number of halogens is 7. The molecule has 0 saturated heterocycles. The monoisotopic (exact) mass is 576 g/mol. The van der Waals surface area contributed by atoms with Crippen LogP contribution in [0.25, 0.3) is 16.6 Å². The number of hydrogen-bond donors (Lipinski definition) is 1. The summed E-state index contributed by atoms with van der Waals surface area (Å²) < 4.78 is 86.3. The first-order chi connectivity index (χ1) is 16.4. The number of hydrogen-bond acceptors (Lipinski definition) is 4. The molecule has 0 fully saturated rings. The van der Waals surface area contributed by atoms with E-state index in [-0.39, 0.29) is 9.37 Å². The first-order valence-corrected chi connectivity index (χ1v) is 11.7. The van der Waals surface area contributed by atoms with Crippen molar-refractivity contribution in [2.24, 2.45) is 0 Å². The van der Waals surface area contributed by atoms with Gasteiger partial charge in [-0.3, -0.25) is 0 Å². The summed E-state index contributed by atoms with van der Waals surface area (Å²) in [6, 6.07) is 16.2. The van der Waals surface area contributed by atoms with E-state index in [4.69, 9.17) is 0 Å². The third-order valence-electron chi connectivity index (χ3n) is 5.08. The second kappa shape index (κ2) is 9.40. The van der Waals surface area contributed by atoms with E-state index >= 15 is 0 Å². The minimum Gasteiger partial charge on any atom is -0.405 e. The lowest BCUT2D eigenvalue weighted by Crippen LogP contribution is -2.44. The van der Waals surface area contributed by atoms with E-state index in [0.717, 1.165) is 12.1 Å². The maximum absolute atomic E-state index is 14.1. The standard InChI is InChI=1S/C23H15BrF6N2O2S/c24-16-7-9-20(19(11-16)34-23(28,29)30)35-13-21(33,22(25,26)27)15-6-8-18-14(10-15)12-31-32(18)17-4-2-1-3-5-17/h1-12,33H,13H2. The highest BCUT2D eigenvalue weighted by molar-refractivity contribution is 9.10. The first kappa shape index (κ1) is 25.4. The molecule has 4 nitrogen and oxygen atoms in total. The molecule has 0 radical (unpaired) electrons. The summed E-state index contributed by atoms with van der Waals surface area (Å²) in [5.41, 5.74) is -2.60. The molecular formula is C23H15BrF6N2O2S. The summed E-state index contributed by atoms with van der Waals surface area (Å²) in [5.74, 6) is -1.69. The normalized spacial score (nSPS) is 14.2. The molecular weight excluding hydrogens is 562 g/mol. The lowest BCUT2D eigenvalue weighted by molar-refractivity contribution is -0.275. The van der Waals surface area contributed by atoms with Gasteiger partial charge in [0.1, 0.15) is 5.75 Å². The zero-order chi connectivity index (χ0) is 25.4. The Kier molecular flexibility index (Phi) is 6.82. The van der Waals surface area contributed by atoms with Crippen molar-refractivity contribution in [2.45, 2.75) is 23.0 Å². The Labute approximate surface area is 207 Å². The fourth-order valence-electron chi connectivity index (χ4n) is 3.38. The van der Waals surface area contributed by atoms with Crippen molar-refractivity contribution in [3.05, 3.63) is 83.0 Å². The highest BCUT2D eigenvalue weighted by atomic mass is 79.9. The highest BCUT2D eigenvalue weighted by Crippen LogP contribution is 2.45. The van der Waals surface area contributed by atoms with Crippen molar-refractivity contribution in [2.75, 3.05) is 5.75 Å². The molecule has 4 aromatic rings. The Morgan fingerprint density at radius 2 is 1.66 bits per heavy atom. The second-order valence-corrected chi connectivity index (χ2v) is 9.38. The van der Waals surface area contributed by atoms with E-state index in [0.29, 0.717) is 28.4 Å². The molecule has 0 saturated carbocycles. The Bertz CT molecular complexity index is 1340. The number of nitrogens with zero attached hydrogens (tertiary/aromatic N) is 2. The molecule has 0 bridgehead atoms. The van der Waals surface area contributed by atoms with Crippen LogP contribution in [0.4, 0.5) is 26.3 Å². The molecule has 1 heterocycles. The lowest BCUT2D eigenvalue weighted by atomic mass is 9.94. The van der Waals surface area contributed by atoms with Gasteiger partial charge in [0.2, 0.25) is 0 Å². The zero-order valence-corrected chi connectivity index (χ0v) is 19.8. The molecule has 184 valence electrons. The number of aliphatic hydroxyl groups is 1. The maximum Gasteiger partial charge on any atom is 0.573 e. The van der Waals surface area contributed by atoms with Crippen LogP contribution in [-0.2, 0) is 5.60 Å². The summed E-state index contributed by atoms with van der Waals surface area (Å²) >= 11 is 3.41. The number of fused-ring (bicyclic) bond motifs is 1. The van der Waals surface area contributed by atoms with Gasteiger partial charge in [-0.1, -0.05) is 40.2 Å². The Morgan fingerprint density at radius 1 is 0.943 bits per heavy atom. The molecule has 12 heteroatoms. The van der Waals surface area contributed by atoms with E-state index < -0.39 is 35.2 Å². The van der Waals surface area contributed by atoms with Gasteiger partial charge in [-0.15, -0.1) is 24.9 Å². The maximum atomic E-state index is 14.1. The first-order valence-electron chi connectivity index (χ1n) is 9.88. The number of rotatable bonds is 6. The van der Waals surface area contributed by atoms with Gasteiger partial charge in [0.15, 0.2) is 5.60 Å². The average molecular weight is 577 g/mol. The highest BCUT2D eigenvalue weighted by Gasteiger charge is 2.55. The van der Waals surface area contributed by atoms with E-state index in [1.807, 2.05) is 6.07 Å². The van der Waals surface area contributed by atoms with Gasteiger partial charge in [-0.05, 0) is 48.0 Å². The molecule has 35 heavy (non-hydrogen) atoms. The quantitative estimate of drug-likeness (QED) is 0.194. The molecule has 1 atom stereocenters. The van der Waals surface area contributed by atoms with E-state index in [1.165, 1.54) is 30.5 Å². The molecule has 4 rings (SSSR count). The van der Waals surface area contributed by atoms with Crippen molar-refractivity contribution in [3.8, 4) is 11.4 Å². The lowest BCUT2D eigenvalue weighted by Gasteiger charge is -2.31.